The Morgan fingerprint density at radius 2 is 1.91 bits per heavy atom. The van der Waals surface area contributed by atoms with Crippen LogP contribution in [0.25, 0.3) is 11.0 Å². The molecule has 0 fully saturated rings. The van der Waals surface area contributed by atoms with Gasteiger partial charge in [-0.1, -0.05) is 37.3 Å². The molecule has 4 nitrogen and oxygen atoms in total. The lowest BCUT2D eigenvalue weighted by molar-refractivity contribution is 0.805. The Bertz CT molecular complexity index is 844. The first-order valence-corrected chi connectivity index (χ1v) is 7.47. The van der Waals surface area contributed by atoms with E-state index in [4.69, 9.17) is 0 Å². The molecule has 2 N–H and O–H groups in total. The number of imidazole rings is 1. The molecule has 0 atom stereocenters. The average Bonchev–Trinajstić information content (AvgIpc) is 2.84. The Kier molecular flexibility index (Phi) is 4.10. The highest BCUT2D eigenvalue weighted by Crippen LogP contribution is 2.20. The molecule has 1 aromatic heterocycles. The van der Waals surface area contributed by atoms with Crippen LogP contribution in [0.5, 0.6) is 0 Å². The van der Waals surface area contributed by atoms with E-state index >= 15 is 0 Å². The highest BCUT2D eigenvalue weighted by atomic mass is 16.1. The van der Waals surface area contributed by atoms with Crippen molar-refractivity contribution >= 4 is 22.4 Å². The van der Waals surface area contributed by atoms with E-state index in [1.165, 1.54) is 0 Å². The number of anilines is 2. The van der Waals surface area contributed by atoms with Gasteiger partial charge in [0.15, 0.2) is 0 Å². The molecule has 0 aliphatic heterocycles. The maximum atomic E-state index is 12.1. The largest absolute Gasteiger partial charge is 0.355 e. The average molecular weight is 293 g/mol. The maximum absolute atomic E-state index is 12.1. The van der Waals surface area contributed by atoms with Gasteiger partial charge in [0.2, 0.25) is 0 Å². The molecule has 0 aliphatic rings. The first-order chi connectivity index (χ1) is 10.8. The summed E-state index contributed by atoms with van der Waals surface area (Å²) >= 11 is 0. The molecule has 3 aromatic rings. The number of rotatable bonds is 5. The predicted molar refractivity (Wildman–Crippen MR) is 91.7 cm³/mol. The molecule has 3 rings (SSSR count). The molecule has 0 spiro atoms. The van der Waals surface area contributed by atoms with E-state index in [1.807, 2.05) is 54.6 Å². The smallest absolute Gasteiger partial charge is 0.326 e. The Labute approximate surface area is 129 Å². The molecular formula is C18H19N3O. The minimum absolute atomic E-state index is 0.0763. The summed E-state index contributed by atoms with van der Waals surface area (Å²) in [7, 11) is 0. The van der Waals surface area contributed by atoms with Crippen LogP contribution >= 0.6 is 0 Å². The van der Waals surface area contributed by atoms with Gasteiger partial charge in [0, 0.05) is 17.9 Å². The maximum Gasteiger partial charge on any atom is 0.326 e. The van der Waals surface area contributed by atoms with Gasteiger partial charge >= 0.3 is 5.69 Å². The normalized spacial score (nSPS) is 11.3. The lowest BCUT2D eigenvalue weighted by atomic mass is 10.2. The second kappa shape index (κ2) is 6.35. The number of fused-ring (bicyclic) bond motifs is 1. The molecule has 0 saturated heterocycles. The van der Waals surface area contributed by atoms with Gasteiger partial charge in [-0.15, -0.1) is 0 Å². The lowest BCUT2D eigenvalue weighted by Gasteiger charge is -2.06. The van der Waals surface area contributed by atoms with Crippen molar-refractivity contribution in [2.75, 3.05) is 5.32 Å². The summed E-state index contributed by atoms with van der Waals surface area (Å²) in [5.41, 5.74) is 3.67. The van der Waals surface area contributed by atoms with Crippen molar-refractivity contribution in [2.24, 2.45) is 0 Å². The fourth-order valence-corrected chi connectivity index (χ4v) is 2.46. The molecule has 112 valence electrons. The van der Waals surface area contributed by atoms with Crippen LogP contribution in [-0.2, 0) is 6.54 Å². The van der Waals surface area contributed by atoms with Gasteiger partial charge in [-0.2, -0.15) is 0 Å². The monoisotopic (exact) mass is 293 g/mol. The highest BCUT2D eigenvalue weighted by molar-refractivity contribution is 5.80. The topological polar surface area (TPSA) is 49.8 Å². The standard InChI is InChI=1S/C18H19N3O/c1-2-3-7-12-21-17-11-10-15(13-16(17)20-18(21)22)19-14-8-5-4-6-9-14/h3-11,13,19H,2,12H2,1H3,(H,20,22)/b7-3-. The third kappa shape index (κ3) is 2.96. The molecule has 1 heterocycles. The van der Waals surface area contributed by atoms with Gasteiger partial charge in [0.05, 0.1) is 11.0 Å². The highest BCUT2D eigenvalue weighted by Gasteiger charge is 2.06. The number of nitrogens with one attached hydrogen (secondary N) is 2. The molecule has 0 radical (unpaired) electrons. The number of para-hydroxylation sites is 1. The number of hydrogen-bond donors (Lipinski definition) is 2. The molecule has 0 saturated carbocycles. The number of hydrogen-bond acceptors (Lipinski definition) is 2. The van der Waals surface area contributed by atoms with Gasteiger partial charge in [-0.25, -0.2) is 4.79 Å². The van der Waals surface area contributed by atoms with E-state index in [0.29, 0.717) is 6.54 Å². The molecule has 2 aromatic carbocycles. The van der Waals surface area contributed by atoms with Crippen LogP contribution in [0.4, 0.5) is 11.4 Å². The molecule has 0 aliphatic carbocycles. The molecular weight excluding hydrogens is 274 g/mol. The Hall–Kier alpha value is -2.75. The van der Waals surface area contributed by atoms with Gasteiger partial charge in [-0.05, 0) is 36.8 Å². The summed E-state index contributed by atoms with van der Waals surface area (Å²) in [5, 5.41) is 3.33. The summed E-state index contributed by atoms with van der Waals surface area (Å²) in [5.74, 6) is 0. The van der Waals surface area contributed by atoms with Crippen LogP contribution < -0.4 is 11.0 Å². The van der Waals surface area contributed by atoms with Crippen LogP contribution in [0.3, 0.4) is 0 Å². The van der Waals surface area contributed by atoms with Crippen molar-refractivity contribution in [3.8, 4) is 0 Å². The van der Waals surface area contributed by atoms with Crippen LogP contribution in [0, 0.1) is 0 Å². The molecule has 0 bridgehead atoms. The molecule has 4 heteroatoms. The molecule has 22 heavy (non-hydrogen) atoms. The van der Waals surface area contributed by atoms with Crippen molar-refractivity contribution < 1.29 is 0 Å². The van der Waals surface area contributed by atoms with E-state index in [9.17, 15) is 4.79 Å². The second-order valence-corrected chi connectivity index (χ2v) is 5.14. The zero-order valence-electron chi connectivity index (χ0n) is 12.5. The summed E-state index contributed by atoms with van der Waals surface area (Å²) in [6.07, 6.45) is 5.06. The van der Waals surface area contributed by atoms with Crippen LogP contribution in [0.1, 0.15) is 13.3 Å². The minimum Gasteiger partial charge on any atom is -0.355 e. The van der Waals surface area contributed by atoms with Crippen LogP contribution in [-0.4, -0.2) is 9.55 Å². The van der Waals surface area contributed by atoms with Crippen molar-refractivity contribution in [3.63, 3.8) is 0 Å². The fourth-order valence-electron chi connectivity index (χ4n) is 2.46. The predicted octanol–water partition coefficient (Wildman–Crippen LogP) is 4.04. The number of aromatic nitrogens is 2. The lowest BCUT2D eigenvalue weighted by Crippen LogP contribution is -2.15. The third-order valence-electron chi connectivity index (χ3n) is 3.53. The van der Waals surface area contributed by atoms with Gasteiger partial charge in [0.1, 0.15) is 0 Å². The molecule has 0 unspecified atom stereocenters. The van der Waals surface area contributed by atoms with E-state index in [1.54, 1.807) is 4.57 Å². The SMILES string of the molecule is CC/C=C\Cn1c(=O)[nH]c2cc(Nc3ccccc3)ccc21. The van der Waals surface area contributed by atoms with Crippen molar-refractivity contribution in [1.29, 1.82) is 0 Å². The zero-order valence-corrected chi connectivity index (χ0v) is 12.5. The summed E-state index contributed by atoms with van der Waals surface area (Å²) in [4.78, 5) is 15.0. The van der Waals surface area contributed by atoms with Crippen molar-refractivity contribution in [1.82, 2.24) is 9.55 Å². The Morgan fingerprint density at radius 1 is 1.09 bits per heavy atom. The number of H-pyrrole nitrogens is 1. The zero-order chi connectivity index (χ0) is 15.4. The number of aromatic amines is 1. The summed E-state index contributed by atoms with van der Waals surface area (Å²) in [6.45, 7) is 2.67. The Morgan fingerprint density at radius 3 is 2.68 bits per heavy atom. The van der Waals surface area contributed by atoms with E-state index < -0.39 is 0 Å². The molecule has 0 amide bonds. The quantitative estimate of drug-likeness (QED) is 0.697. The third-order valence-corrected chi connectivity index (χ3v) is 3.53. The van der Waals surface area contributed by atoms with Crippen molar-refractivity contribution in [2.45, 2.75) is 19.9 Å². The summed E-state index contributed by atoms with van der Waals surface area (Å²) < 4.78 is 1.74. The number of nitrogens with zero attached hydrogens (tertiary/aromatic N) is 1. The van der Waals surface area contributed by atoms with Crippen LogP contribution in [0.15, 0.2) is 65.5 Å². The van der Waals surface area contributed by atoms with E-state index in [0.717, 1.165) is 28.8 Å². The number of allylic oxidation sites excluding steroid dienone is 2. The fraction of sp³-hybridized carbons (Fsp3) is 0.167. The van der Waals surface area contributed by atoms with E-state index in [-0.39, 0.29) is 5.69 Å². The van der Waals surface area contributed by atoms with Gasteiger partial charge in [0.25, 0.3) is 0 Å². The van der Waals surface area contributed by atoms with Crippen molar-refractivity contribution in [3.05, 3.63) is 71.2 Å². The Balaban J connectivity index is 1.91. The number of benzene rings is 2. The first-order valence-electron chi connectivity index (χ1n) is 7.47. The van der Waals surface area contributed by atoms with Gasteiger partial charge < -0.3 is 10.3 Å². The van der Waals surface area contributed by atoms with Crippen LogP contribution in [0.2, 0.25) is 0 Å². The van der Waals surface area contributed by atoms with E-state index in [2.05, 4.69) is 23.3 Å². The summed E-state index contributed by atoms with van der Waals surface area (Å²) in [6, 6.07) is 15.9. The minimum atomic E-state index is -0.0763. The first kappa shape index (κ1) is 14.2. The second-order valence-electron chi connectivity index (χ2n) is 5.14. The van der Waals surface area contributed by atoms with Gasteiger partial charge in [-0.3, -0.25) is 4.57 Å².